The Labute approximate surface area is 152 Å². The molecule has 6 nitrogen and oxygen atoms in total. The summed E-state index contributed by atoms with van der Waals surface area (Å²) >= 11 is 2.67. The second-order valence-corrected chi connectivity index (χ2v) is 7.07. The van der Waals surface area contributed by atoms with Crippen molar-refractivity contribution in [2.24, 2.45) is 0 Å². The minimum Gasteiger partial charge on any atom is -0.495 e. The molecule has 2 heterocycles. The van der Waals surface area contributed by atoms with E-state index in [1.807, 2.05) is 36.8 Å². The van der Waals surface area contributed by atoms with Gasteiger partial charge in [-0.3, -0.25) is 14.2 Å². The van der Waals surface area contributed by atoms with Crippen LogP contribution in [0.4, 0.5) is 5.69 Å². The van der Waals surface area contributed by atoms with Gasteiger partial charge in [-0.15, -0.1) is 11.3 Å². The molecule has 3 aromatic rings. The van der Waals surface area contributed by atoms with Gasteiger partial charge in [-0.05, 0) is 42.3 Å². The molecule has 1 N–H and O–H groups in total. The lowest BCUT2D eigenvalue weighted by atomic mass is 10.2. The fourth-order valence-corrected chi connectivity index (χ4v) is 3.81. The average molecular weight is 375 g/mol. The van der Waals surface area contributed by atoms with E-state index in [0.717, 1.165) is 5.56 Å². The highest BCUT2D eigenvalue weighted by Gasteiger charge is 2.15. The normalized spacial score (nSPS) is 10.8. The van der Waals surface area contributed by atoms with Crippen LogP contribution in [0.3, 0.4) is 0 Å². The van der Waals surface area contributed by atoms with Crippen LogP contribution in [0.5, 0.6) is 5.75 Å². The van der Waals surface area contributed by atoms with Gasteiger partial charge in [0.25, 0.3) is 5.56 Å². The van der Waals surface area contributed by atoms with Crippen molar-refractivity contribution >= 4 is 44.9 Å². The monoisotopic (exact) mass is 375 g/mol. The highest BCUT2D eigenvalue weighted by Crippen LogP contribution is 2.25. The van der Waals surface area contributed by atoms with E-state index in [1.165, 1.54) is 27.7 Å². The summed E-state index contributed by atoms with van der Waals surface area (Å²) in [6, 6.07) is 7.34. The van der Waals surface area contributed by atoms with Crippen molar-refractivity contribution in [3.8, 4) is 5.75 Å². The first kappa shape index (κ1) is 17.5. The number of hydrogen-bond acceptors (Lipinski definition) is 6. The van der Waals surface area contributed by atoms with E-state index in [4.69, 9.17) is 4.74 Å². The molecule has 1 amide bonds. The number of thioether (sulfide) groups is 1. The molecule has 1 aromatic carbocycles. The largest absolute Gasteiger partial charge is 0.495 e. The Morgan fingerprint density at radius 3 is 2.92 bits per heavy atom. The molecule has 0 aliphatic rings. The van der Waals surface area contributed by atoms with Gasteiger partial charge in [0.15, 0.2) is 5.16 Å². The van der Waals surface area contributed by atoms with E-state index >= 15 is 0 Å². The third-order valence-electron chi connectivity index (χ3n) is 3.64. The standard InChI is InChI=1S/C17H17N3O3S2/c1-10-4-5-13(23-2)12(8-10)18-14(21)9-20-16(22)15-11(6-7-25-15)19-17(20)24-3/h4-8H,9H2,1-3H3,(H,18,21). The van der Waals surface area contributed by atoms with Crippen molar-refractivity contribution in [2.45, 2.75) is 18.6 Å². The summed E-state index contributed by atoms with van der Waals surface area (Å²) in [5, 5.41) is 5.15. The number of hydrogen-bond donors (Lipinski definition) is 1. The second-order valence-electron chi connectivity index (χ2n) is 5.38. The van der Waals surface area contributed by atoms with E-state index in [9.17, 15) is 9.59 Å². The number of anilines is 1. The molecule has 0 saturated carbocycles. The Bertz CT molecular complexity index is 994. The summed E-state index contributed by atoms with van der Waals surface area (Å²) in [7, 11) is 1.55. The summed E-state index contributed by atoms with van der Waals surface area (Å²) in [5.74, 6) is 0.266. The smallest absolute Gasteiger partial charge is 0.272 e. The molecule has 0 aliphatic carbocycles. The Morgan fingerprint density at radius 2 is 2.20 bits per heavy atom. The molecule has 0 fully saturated rings. The maximum atomic E-state index is 12.6. The Hall–Kier alpha value is -2.32. The molecule has 0 unspecified atom stereocenters. The molecule has 0 radical (unpaired) electrons. The van der Waals surface area contributed by atoms with Crippen LogP contribution in [0.15, 0.2) is 39.6 Å². The van der Waals surface area contributed by atoms with Crippen LogP contribution in [0.25, 0.3) is 10.2 Å². The van der Waals surface area contributed by atoms with Gasteiger partial charge in [-0.25, -0.2) is 4.98 Å². The molecule has 0 bridgehead atoms. The highest BCUT2D eigenvalue weighted by atomic mass is 32.2. The lowest BCUT2D eigenvalue weighted by Crippen LogP contribution is -2.29. The molecule has 0 saturated heterocycles. The number of fused-ring (bicyclic) bond motifs is 1. The number of thiophene rings is 1. The number of benzene rings is 1. The van der Waals surface area contributed by atoms with Crippen LogP contribution >= 0.6 is 23.1 Å². The maximum Gasteiger partial charge on any atom is 0.272 e. The lowest BCUT2D eigenvalue weighted by Gasteiger charge is -2.13. The Kier molecular flexibility index (Phi) is 5.10. The molecule has 0 aliphatic heterocycles. The number of carbonyl (C=O) groups excluding carboxylic acids is 1. The van der Waals surface area contributed by atoms with Gasteiger partial charge in [0.2, 0.25) is 5.91 Å². The number of ether oxygens (including phenoxy) is 1. The molecule has 8 heteroatoms. The van der Waals surface area contributed by atoms with Crippen LogP contribution in [0.2, 0.25) is 0 Å². The molecule has 0 spiro atoms. The molecule has 25 heavy (non-hydrogen) atoms. The lowest BCUT2D eigenvalue weighted by molar-refractivity contribution is -0.116. The van der Waals surface area contributed by atoms with Gasteiger partial charge < -0.3 is 10.1 Å². The number of methoxy groups -OCH3 is 1. The van der Waals surface area contributed by atoms with Crippen LogP contribution < -0.4 is 15.6 Å². The zero-order valence-corrected chi connectivity index (χ0v) is 15.7. The number of rotatable bonds is 5. The molecular weight excluding hydrogens is 358 g/mol. The summed E-state index contributed by atoms with van der Waals surface area (Å²) < 4.78 is 7.23. The van der Waals surface area contributed by atoms with Crippen LogP contribution in [0.1, 0.15) is 5.56 Å². The highest BCUT2D eigenvalue weighted by molar-refractivity contribution is 7.98. The number of nitrogens with zero attached hydrogens (tertiary/aromatic N) is 2. The van der Waals surface area contributed by atoms with E-state index in [2.05, 4.69) is 10.3 Å². The first-order valence-electron chi connectivity index (χ1n) is 7.50. The molecule has 3 rings (SSSR count). The molecular formula is C17H17N3O3S2. The van der Waals surface area contributed by atoms with Gasteiger partial charge >= 0.3 is 0 Å². The fourth-order valence-electron chi connectivity index (χ4n) is 2.47. The maximum absolute atomic E-state index is 12.6. The third-order valence-corrected chi connectivity index (χ3v) is 5.21. The van der Waals surface area contributed by atoms with Crippen molar-refractivity contribution in [3.63, 3.8) is 0 Å². The first-order chi connectivity index (χ1) is 12.0. The van der Waals surface area contributed by atoms with Crippen LogP contribution in [0, 0.1) is 6.92 Å². The zero-order chi connectivity index (χ0) is 18.0. The van der Waals surface area contributed by atoms with Crippen molar-refractivity contribution in [2.75, 3.05) is 18.7 Å². The topological polar surface area (TPSA) is 73.2 Å². The number of aromatic nitrogens is 2. The summed E-state index contributed by atoms with van der Waals surface area (Å²) in [4.78, 5) is 29.6. The van der Waals surface area contributed by atoms with Crippen molar-refractivity contribution in [1.82, 2.24) is 9.55 Å². The fraction of sp³-hybridized carbons (Fsp3) is 0.235. The van der Waals surface area contributed by atoms with Crippen molar-refractivity contribution in [3.05, 3.63) is 45.6 Å². The zero-order valence-electron chi connectivity index (χ0n) is 14.0. The van der Waals surface area contributed by atoms with Gasteiger partial charge in [0.1, 0.15) is 17.0 Å². The van der Waals surface area contributed by atoms with Crippen LogP contribution in [-0.4, -0.2) is 28.8 Å². The Balaban J connectivity index is 1.91. The summed E-state index contributed by atoms with van der Waals surface area (Å²) in [5.41, 5.74) is 2.04. The number of nitrogens with one attached hydrogen (secondary N) is 1. The minimum atomic E-state index is -0.306. The van der Waals surface area contributed by atoms with E-state index in [0.29, 0.717) is 26.8 Å². The minimum absolute atomic E-state index is 0.104. The van der Waals surface area contributed by atoms with E-state index in [-0.39, 0.29) is 18.0 Å². The van der Waals surface area contributed by atoms with Crippen LogP contribution in [-0.2, 0) is 11.3 Å². The predicted octanol–water partition coefficient (Wildman–Crippen LogP) is 3.14. The summed E-state index contributed by atoms with van der Waals surface area (Å²) in [6.07, 6.45) is 1.83. The predicted molar refractivity (Wildman–Crippen MR) is 102 cm³/mol. The molecule has 2 aromatic heterocycles. The number of carbonyl (C=O) groups is 1. The van der Waals surface area contributed by atoms with E-state index in [1.54, 1.807) is 13.2 Å². The number of amides is 1. The average Bonchev–Trinajstić information content (AvgIpc) is 3.06. The molecule has 0 atom stereocenters. The van der Waals surface area contributed by atoms with E-state index < -0.39 is 0 Å². The first-order valence-corrected chi connectivity index (χ1v) is 9.60. The van der Waals surface area contributed by atoms with Crippen molar-refractivity contribution in [1.29, 1.82) is 0 Å². The summed E-state index contributed by atoms with van der Waals surface area (Å²) in [6.45, 7) is 1.83. The van der Waals surface area contributed by atoms with Gasteiger partial charge in [0.05, 0.1) is 18.3 Å². The van der Waals surface area contributed by atoms with Crippen molar-refractivity contribution < 1.29 is 9.53 Å². The quantitative estimate of drug-likeness (QED) is 0.548. The van der Waals surface area contributed by atoms with Gasteiger partial charge in [0, 0.05) is 0 Å². The third kappa shape index (κ3) is 3.54. The molecule has 130 valence electrons. The SMILES string of the molecule is COc1ccc(C)cc1NC(=O)Cn1c(SC)nc2ccsc2c1=O. The van der Waals surface area contributed by atoms with Gasteiger partial charge in [-0.1, -0.05) is 17.8 Å². The Morgan fingerprint density at radius 1 is 1.40 bits per heavy atom. The second kappa shape index (κ2) is 7.28. The number of aryl methyl sites for hydroxylation is 1. The van der Waals surface area contributed by atoms with Gasteiger partial charge in [-0.2, -0.15) is 0 Å².